The first-order valence-electron chi connectivity index (χ1n) is 7.29. The summed E-state index contributed by atoms with van der Waals surface area (Å²) < 4.78 is 0. The molecule has 106 valence electrons. The Hall–Kier alpha value is -1.81. The molecule has 1 aliphatic rings. The quantitative estimate of drug-likeness (QED) is 0.897. The van der Waals surface area contributed by atoms with Crippen molar-refractivity contribution in [2.24, 2.45) is 0 Å². The summed E-state index contributed by atoms with van der Waals surface area (Å²) in [6, 6.07) is 7.70. The number of nitrogens with zero attached hydrogens (tertiary/aromatic N) is 2. The van der Waals surface area contributed by atoms with Crippen molar-refractivity contribution in [3.05, 3.63) is 30.5 Å². The standard InChI is InChI=1S/C16H21N3O/c1-12(11-19-8-2-3-9-19)18-16-15-10-14(20)5-4-13(15)6-7-17-16/h4-7,10,12,20H,2-3,8-9,11H2,1H3,(H,17,18). The molecule has 0 aliphatic carbocycles. The zero-order valence-electron chi connectivity index (χ0n) is 11.8. The van der Waals surface area contributed by atoms with E-state index in [2.05, 4.69) is 22.1 Å². The molecule has 1 fully saturated rings. The minimum atomic E-state index is 0.278. The fourth-order valence-electron chi connectivity index (χ4n) is 2.90. The second kappa shape index (κ2) is 5.67. The molecule has 1 unspecified atom stereocenters. The van der Waals surface area contributed by atoms with Crippen LogP contribution in [0, 0.1) is 0 Å². The van der Waals surface area contributed by atoms with E-state index < -0.39 is 0 Å². The van der Waals surface area contributed by atoms with Crippen molar-refractivity contribution in [1.29, 1.82) is 0 Å². The zero-order valence-corrected chi connectivity index (χ0v) is 11.8. The van der Waals surface area contributed by atoms with Gasteiger partial charge in [0.15, 0.2) is 0 Å². The Balaban J connectivity index is 1.77. The summed E-state index contributed by atoms with van der Waals surface area (Å²) in [5.41, 5.74) is 0. The van der Waals surface area contributed by atoms with Gasteiger partial charge in [-0.1, -0.05) is 6.07 Å². The number of aromatic nitrogens is 1. The summed E-state index contributed by atoms with van der Waals surface area (Å²) in [5.74, 6) is 1.13. The Labute approximate surface area is 119 Å². The third-order valence-electron chi connectivity index (χ3n) is 3.86. The van der Waals surface area contributed by atoms with Gasteiger partial charge in [0.2, 0.25) is 0 Å². The predicted octanol–water partition coefficient (Wildman–Crippen LogP) is 2.84. The minimum absolute atomic E-state index is 0.278. The Kier molecular flexibility index (Phi) is 3.74. The van der Waals surface area contributed by atoms with Crippen LogP contribution in [0.15, 0.2) is 30.5 Å². The lowest BCUT2D eigenvalue weighted by atomic mass is 10.1. The first-order valence-corrected chi connectivity index (χ1v) is 7.29. The van der Waals surface area contributed by atoms with Gasteiger partial charge in [-0.2, -0.15) is 0 Å². The number of phenolic OH excluding ortho intramolecular Hbond substituents is 1. The molecule has 4 heteroatoms. The molecule has 1 aromatic carbocycles. The lowest BCUT2D eigenvalue weighted by Gasteiger charge is -2.22. The van der Waals surface area contributed by atoms with Crippen LogP contribution in [0.2, 0.25) is 0 Å². The van der Waals surface area contributed by atoms with Gasteiger partial charge in [-0.3, -0.25) is 0 Å². The molecule has 1 aromatic heterocycles. The summed E-state index contributed by atoms with van der Waals surface area (Å²) >= 11 is 0. The van der Waals surface area contributed by atoms with Crippen LogP contribution in [-0.2, 0) is 0 Å². The average molecular weight is 271 g/mol. The van der Waals surface area contributed by atoms with Gasteiger partial charge in [-0.25, -0.2) is 4.98 Å². The second-order valence-corrected chi connectivity index (χ2v) is 5.62. The van der Waals surface area contributed by atoms with E-state index in [0.717, 1.165) is 23.1 Å². The number of likely N-dealkylation sites (tertiary alicyclic amines) is 1. The SMILES string of the molecule is CC(CN1CCCC1)Nc1nccc2ccc(O)cc12. The topological polar surface area (TPSA) is 48.4 Å². The highest BCUT2D eigenvalue weighted by molar-refractivity contribution is 5.92. The number of fused-ring (bicyclic) bond motifs is 1. The van der Waals surface area contributed by atoms with Gasteiger partial charge in [-0.15, -0.1) is 0 Å². The summed E-state index contributed by atoms with van der Waals surface area (Å²) in [5, 5.41) is 15.2. The number of anilines is 1. The molecule has 1 saturated heterocycles. The molecule has 0 amide bonds. The summed E-state index contributed by atoms with van der Waals surface area (Å²) in [6.45, 7) is 5.63. The molecular formula is C16H21N3O. The van der Waals surface area contributed by atoms with Gasteiger partial charge >= 0.3 is 0 Å². The maximum atomic E-state index is 9.65. The van der Waals surface area contributed by atoms with Crippen molar-refractivity contribution in [2.75, 3.05) is 25.0 Å². The summed E-state index contributed by atoms with van der Waals surface area (Å²) in [6.07, 6.45) is 4.44. The molecule has 2 aromatic rings. The van der Waals surface area contributed by atoms with Gasteiger partial charge < -0.3 is 15.3 Å². The van der Waals surface area contributed by atoms with Crippen LogP contribution in [0.25, 0.3) is 10.8 Å². The highest BCUT2D eigenvalue weighted by Gasteiger charge is 2.15. The van der Waals surface area contributed by atoms with E-state index >= 15 is 0 Å². The Morgan fingerprint density at radius 2 is 2.10 bits per heavy atom. The summed E-state index contributed by atoms with van der Waals surface area (Å²) in [4.78, 5) is 6.91. The normalized spacial score (nSPS) is 17.4. The number of rotatable bonds is 4. The van der Waals surface area contributed by atoms with Gasteiger partial charge in [0.05, 0.1) is 0 Å². The first-order chi connectivity index (χ1) is 9.72. The second-order valence-electron chi connectivity index (χ2n) is 5.62. The smallest absolute Gasteiger partial charge is 0.134 e. The monoisotopic (exact) mass is 271 g/mol. The molecular weight excluding hydrogens is 250 g/mol. The largest absolute Gasteiger partial charge is 0.508 e. The van der Waals surface area contributed by atoms with Crippen molar-refractivity contribution < 1.29 is 5.11 Å². The summed E-state index contributed by atoms with van der Waals surface area (Å²) in [7, 11) is 0. The average Bonchev–Trinajstić information content (AvgIpc) is 2.92. The molecule has 1 aliphatic heterocycles. The Morgan fingerprint density at radius 1 is 1.30 bits per heavy atom. The number of phenols is 1. The molecule has 0 bridgehead atoms. The molecule has 0 radical (unpaired) electrons. The molecule has 3 rings (SSSR count). The van der Waals surface area contributed by atoms with E-state index in [1.165, 1.54) is 25.9 Å². The third kappa shape index (κ3) is 2.85. The molecule has 0 saturated carbocycles. The molecule has 4 nitrogen and oxygen atoms in total. The van der Waals surface area contributed by atoms with E-state index in [9.17, 15) is 5.11 Å². The maximum Gasteiger partial charge on any atom is 0.134 e. The van der Waals surface area contributed by atoms with Crippen molar-refractivity contribution in [3.8, 4) is 5.75 Å². The fourth-order valence-corrected chi connectivity index (χ4v) is 2.90. The Morgan fingerprint density at radius 3 is 2.90 bits per heavy atom. The number of aromatic hydroxyl groups is 1. The van der Waals surface area contributed by atoms with Gasteiger partial charge in [0.25, 0.3) is 0 Å². The number of pyridine rings is 1. The highest BCUT2D eigenvalue weighted by Crippen LogP contribution is 2.25. The van der Waals surface area contributed by atoms with E-state index in [-0.39, 0.29) is 5.75 Å². The van der Waals surface area contributed by atoms with E-state index in [1.54, 1.807) is 12.1 Å². The van der Waals surface area contributed by atoms with Crippen molar-refractivity contribution in [1.82, 2.24) is 9.88 Å². The fraction of sp³-hybridized carbons (Fsp3) is 0.438. The molecule has 2 heterocycles. The van der Waals surface area contributed by atoms with Crippen LogP contribution >= 0.6 is 0 Å². The van der Waals surface area contributed by atoms with Gasteiger partial charge in [-0.05, 0) is 56.4 Å². The zero-order chi connectivity index (χ0) is 13.9. The van der Waals surface area contributed by atoms with Gasteiger partial charge in [0.1, 0.15) is 11.6 Å². The number of hydrogen-bond acceptors (Lipinski definition) is 4. The third-order valence-corrected chi connectivity index (χ3v) is 3.86. The highest BCUT2D eigenvalue weighted by atomic mass is 16.3. The van der Waals surface area contributed by atoms with Crippen molar-refractivity contribution in [2.45, 2.75) is 25.8 Å². The van der Waals surface area contributed by atoms with Crippen LogP contribution in [0.5, 0.6) is 5.75 Å². The van der Waals surface area contributed by atoms with E-state index in [0.29, 0.717) is 6.04 Å². The number of benzene rings is 1. The van der Waals surface area contributed by atoms with Crippen LogP contribution < -0.4 is 5.32 Å². The first kappa shape index (κ1) is 13.2. The predicted molar refractivity (Wildman–Crippen MR) is 82.2 cm³/mol. The lowest BCUT2D eigenvalue weighted by Crippen LogP contribution is -2.33. The van der Waals surface area contributed by atoms with Crippen LogP contribution in [-0.4, -0.2) is 40.7 Å². The lowest BCUT2D eigenvalue weighted by molar-refractivity contribution is 0.327. The molecule has 2 N–H and O–H groups in total. The van der Waals surface area contributed by atoms with E-state index in [1.807, 2.05) is 18.3 Å². The van der Waals surface area contributed by atoms with Crippen LogP contribution in [0.1, 0.15) is 19.8 Å². The maximum absolute atomic E-state index is 9.65. The minimum Gasteiger partial charge on any atom is -0.508 e. The van der Waals surface area contributed by atoms with E-state index in [4.69, 9.17) is 0 Å². The van der Waals surface area contributed by atoms with Crippen molar-refractivity contribution in [3.63, 3.8) is 0 Å². The Bertz CT molecular complexity index is 593. The van der Waals surface area contributed by atoms with Gasteiger partial charge in [0, 0.05) is 24.2 Å². The molecule has 20 heavy (non-hydrogen) atoms. The van der Waals surface area contributed by atoms with Crippen LogP contribution in [0.3, 0.4) is 0 Å². The number of hydrogen-bond donors (Lipinski definition) is 2. The number of nitrogens with one attached hydrogen (secondary N) is 1. The molecule has 1 atom stereocenters. The van der Waals surface area contributed by atoms with Crippen LogP contribution in [0.4, 0.5) is 5.82 Å². The molecule has 0 spiro atoms. The van der Waals surface area contributed by atoms with Crippen molar-refractivity contribution >= 4 is 16.6 Å².